The van der Waals surface area contributed by atoms with Gasteiger partial charge in [-0.1, -0.05) is 11.6 Å². The third-order valence-electron chi connectivity index (χ3n) is 5.38. The van der Waals surface area contributed by atoms with Crippen molar-refractivity contribution in [2.75, 3.05) is 18.0 Å². The second kappa shape index (κ2) is 9.25. The maximum atomic E-state index is 13.2. The molecule has 0 spiro atoms. The van der Waals surface area contributed by atoms with Crippen molar-refractivity contribution in [3.63, 3.8) is 0 Å². The summed E-state index contributed by atoms with van der Waals surface area (Å²) in [5.41, 5.74) is 1.09. The molecule has 168 valence electrons. The van der Waals surface area contributed by atoms with Gasteiger partial charge < -0.3 is 9.80 Å². The fourth-order valence-electron chi connectivity index (χ4n) is 3.97. The molecule has 0 aliphatic heterocycles. The Morgan fingerprint density at radius 2 is 2.06 bits per heavy atom. The second-order valence-corrected chi connectivity index (χ2v) is 7.83. The van der Waals surface area contributed by atoms with Crippen LogP contribution in [-0.2, 0) is 9.59 Å². The van der Waals surface area contributed by atoms with Crippen LogP contribution in [0.1, 0.15) is 33.1 Å². The van der Waals surface area contributed by atoms with E-state index in [4.69, 9.17) is 11.6 Å². The van der Waals surface area contributed by atoms with Crippen LogP contribution < -0.4 is 4.90 Å². The lowest BCUT2D eigenvalue weighted by molar-refractivity contribution is -0.164. The quantitative estimate of drug-likeness (QED) is 0.660. The summed E-state index contributed by atoms with van der Waals surface area (Å²) in [6, 6.07) is 2.91. The zero-order chi connectivity index (χ0) is 22.8. The van der Waals surface area contributed by atoms with E-state index in [0.717, 1.165) is 11.8 Å². The molecule has 31 heavy (non-hydrogen) atoms. The van der Waals surface area contributed by atoms with Crippen molar-refractivity contribution in [3.8, 4) is 5.69 Å². The fraction of sp³-hybridized carbons (Fsp3) is 0.500. The molecule has 0 N–H and O–H groups in total. The number of carbonyl (C=O) groups excluding carboxylic acids is 2. The Hall–Kier alpha value is -2.62. The van der Waals surface area contributed by atoms with Gasteiger partial charge in [0.2, 0.25) is 11.8 Å². The molecule has 2 aromatic rings. The van der Waals surface area contributed by atoms with Gasteiger partial charge in [0.15, 0.2) is 5.15 Å². The molecule has 11 heteroatoms. The van der Waals surface area contributed by atoms with Crippen LogP contribution in [0.15, 0.2) is 30.7 Å². The summed E-state index contributed by atoms with van der Waals surface area (Å²) in [4.78, 5) is 31.3. The maximum absolute atomic E-state index is 13.2. The number of hydrogen-bond acceptors (Lipinski definition) is 4. The van der Waals surface area contributed by atoms with Gasteiger partial charge in [0, 0.05) is 31.6 Å². The summed E-state index contributed by atoms with van der Waals surface area (Å²) in [5.74, 6) is -1.39. The summed E-state index contributed by atoms with van der Waals surface area (Å²) in [6.07, 6.45) is 1.28. The summed E-state index contributed by atoms with van der Waals surface area (Å²) in [7, 11) is 0. The number of carbonyl (C=O) groups is 2. The van der Waals surface area contributed by atoms with Gasteiger partial charge in [-0.25, -0.2) is 4.68 Å². The van der Waals surface area contributed by atoms with E-state index in [1.807, 2.05) is 0 Å². The smallest absolute Gasteiger partial charge is 0.331 e. The molecular formula is C20H23ClF3N5O2. The highest BCUT2D eigenvalue weighted by Gasteiger charge is 2.41. The molecule has 7 nitrogen and oxygen atoms in total. The van der Waals surface area contributed by atoms with Crippen LogP contribution in [-0.4, -0.2) is 56.8 Å². The molecule has 3 rings (SSSR count). The van der Waals surface area contributed by atoms with Crippen molar-refractivity contribution in [3.05, 3.63) is 35.9 Å². The van der Waals surface area contributed by atoms with Crippen molar-refractivity contribution in [1.29, 1.82) is 0 Å². The predicted molar refractivity (Wildman–Crippen MR) is 109 cm³/mol. The molecule has 2 amide bonds. The monoisotopic (exact) mass is 457 g/mol. The minimum atomic E-state index is -4.49. The highest BCUT2D eigenvalue weighted by atomic mass is 35.5. The van der Waals surface area contributed by atoms with Gasteiger partial charge in [-0.05, 0) is 38.3 Å². The molecule has 1 aliphatic rings. The normalized spacial score (nSPS) is 18.8. The minimum Gasteiger partial charge on any atom is -0.331 e. The summed E-state index contributed by atoms with van der Waals surface area (Å²) < 4.78 is 40.1. The van der Waals surface area contributed by atoms with Crippen LogP contribution >= 0.6 is 11.6 Å². The summed E-state index contributed by atoms with van der Waals surface area (Å²) >= 11 is 6.29. The largest absolute Gasteiger partial charge is 0.406 e. The third kappa shape index (κ3) is 5.36. The van der Waals surface area contributed by atoms with Gasteiger partial charge in [0.05, 0.1) is 18.1 Å². The standard InChI is InChI=1S/C20H23ClF3N5O2/c1-3-27(17-11-29(26-18(17)21)16-5-4-8-25-10-16)19(31)14-6-7-15(9-14)28(13(2)30)12-20(22,23)24/h4-5,8,10-11,14-15H,3,6-7,9,12H2,1-2H3/t14-,15+/m0/s1. The Morgan fingerprint density at radius 1 is 1.32 bits per heavy atom. The first-order valence-corrected chi connectivity index (χ1v) is 10.3. The zero-order valence-corrected chi connectivity index (χ0v) is 17.9. The summed E-state index contributed by atoms with van der Waals surface area (Å²) in [6.45, 7) is 1.91. The van der Waals surface area contributed by atoms with E-state index in [1.54, 1.807) is 37.6 Å². The molecule has 2 aromatic heterocycles. The van der Waals surface area contributed by atoms with E-state index in [2.05, 4.69) is 10.1 Å². The lowest BCUT2D eigenvalue weighted by Gasteiger charge is -2.29. The molecular weight excluding hydrogens is 435 g/mol. The van der Waals surface area contributed by atoms with Crippen LogP contribution in [0.5, 0.6) is 0 Å². The number of hydrogen-bond donors (Lipinski definition) is 0. The van der Waals surface area contributed by atoms with E-state index in [1.165, 1.54) is 9.58 Å². The molecule has 0 aromatic carbocycles. The lowest BCUT2D eigenvalue weighted by Crippen LogP contribution is -2.44. The van der Waals surface area contributed by atoms with Crippen molar-refractivity contribution < 1.29 is 22.8 Å². The first-order chi connectivity index (χ1) is 14.6. The average molecular weight is 458 g/mol. The molecule has 1 saturated carbocycles. The number of nitrogens with zero attached hydrogens (tertiary/aromatic N) is 5. The Bertz CT molecular complexity index is 935. The van der Waals surface area contributed by atoms with Gasteiger partial charge in [0.25, 0.3) is 0 Å². The molecule has 2 heterocycles. The highest BCUT2D eigenvalue weighted by Crippen LogP contribution is 2.35. The van der Waals surface area contributed by atoms with E-state index in [-0.39, 0.29) is 17.5 Å². The van der Waals surface area contributed by atoms with Crippen LogP contribution in [0, 0.1) is 5.92 Å². The van der Waals surface area contributed by atoms with Gasteiger partial charge in [0.1, 0.15) is 12.2 Å². The third-order valence-corrected chi connectivity index (χ3v) is 5.65. The number of amides is 2. The number of pyridine rings is 1. The van der Waals surface area contributed by atoms with E-state index in [9.17, 15) is 22.8 Å². The van der Waals surface area contributed by atoms with E-state index >= 15 is 0 Å². The zero-order valence-electron chi connectivity index (χ0n) is 17.1. The minimum absolute atomic E-state index is 0.135. The highest BCUT2D eigenvalue weighted by molar-refractivity contribution is 6.32. The predicted octanol–water partition coefficient (Wildman–Crippen LogP) is 3.85. The number of aromatic nitrogens is 3. The second-order valence-electron chi connectivity index (χ2n) is 7.47. The average Bonchev–Trinajstić information content (AvgIpc) is 3.34. The van der Waals surface area contributed by atoms with Crippen molar-refractivity contribution in [1.82, 2.24) is 19.7 Å². The molecule has 2 atom stereocenters. The van der Waals surface area contributed by atoms with Gasteiger partial charge in [-0.3, -0.25) is 14.6 Å². The number of rotatable bonds is 6. The van der Waals surface area contributed by atoms with E-state index in [0.29, 0.717) is 30.8 Å². The van der Waals surface area contributed by atoms with Gasteiger partial charge in [-0.2, -0.15) is 18.3 Å². The first kappa shape index (κ1) is 23.1. The van der Waals surface area contributed by atoms with Crippen LogP contribution in [0.2, 0.25) is 5.15 Å². The molecule has 0 bridgehead atoms. The fourth-order valence-corrected chi connectivity index (χ4v) is 4.20. The molecule has 1 aliphatic carbocycles. The van der Waals surface area contributed by atoms with Crippen molar-refractivity contribution in [2.24, 2.45) is 5.92 Å². The Labute approximate surface area is 182 Å². The Kier molecular flexibility index (Phi) is 6.88. The van der Waals surface area contributed by atoms with Crippen LogP contribution in [0.25, 0.3) is 5.69 Å². The topological polar surface area (TPSA) is 71.3 Å². The van der Waals surface area contributed by atoms with Crippen LogP contribution in [0.3, 0.4) is 0 Å². The molecule has 0 unspecified atom stereocenters. The number of halogens is 4. The van der Waals surface area contributed by atoms with Crippen LogP contribution in [0.4, 0.5) is 18.9 Å². The molecule has 1 fully saturated rings. The SMILES string of the molecule is CCN(C(=O)[C@H]1CC[C@@H](N(CC(F)(F)F)C(C)=O)C1)c1cn(-c2cccnc2)nc1Cl. The first-order valence-electron chi connectivity index (χ1n) is 9.91. The van der Waals surface area contributed by atoms with Gasteiger partial charge >= 0.3 is 6.18 Å². The number of anilines is 1. The molecule has 0 saturated heterocycles. The lowest BCUT2D eigenvalue weighted by atomic mass is 10.1. The van der Waals surface area contributed by atoms with E-state index < -0.39 is 30.6 Å². The molecule has 0 radical (unpaired) electrons. The van der Waals surface area contributed by atoms with Crippen molar-refractivity contribution >= 4 is 29.1 Å². The Morgan fingerprint density at radius 3 is 2.65 bits per heavy atom. The number of alkyl halides is 3. The Balaban J connectivity index is 1.76. The van der Waals surface area contributed by atoms with Gasteiger partial charge in [-0.15, -0.1) is 0 Å². The maximum Gasteiger partial charge on any atom is 0.406 e. The summed E-state index contributed by atoms with van der Waals surface area (Å²) in [5, 5.41) is 4.37. The van der Waals surface area contributed by atoms with Crippen molar-refractivity contribution in [2.45, 2.75) is 45.3 Å².